The van der Waals surface area contributed by atoms with Gasteiger partial charge in [-0.1, -0.05) is 30.3 Å². The molecule has 0 aliphatic carbocycles. The largest absolute Gasteiger partial charge is 0.418 e. The summed E-state index contributed by atoms with van der Waals surface area (Å²) in [5.74, 6) is -0.487. The van der Waals surface area contributed by atoms with Crippen LogP contribution in [0.25, 0.3) is 10.9 Å². The fraction of sp³-hybridized carbons (Fsp3) is 0.167. The number of H-pyrrole nitrogens is 1. The monoisotopic (exact) mass is 332 g/mol. The number of benzene rings is 2. The van der Waals surface area contributed by atoms with Crippen molar-refractivity contribution in [2.75, 3.05) is 5.32 Å². The summed E-state index contributed by atoms with van der Waals surface area (Å²) in [5, 5.41) is 3.27. The van der Waals surface area contributed by atoms with Gasteiger partial charge in [0, 0.05) is 16.6 Å². The highest BCUT2D eigenvalue weighted by atomic mass is 19.4. The van der Waals surface area contributed by atoms with Gasteiger partial charge in [0.1, 0.15) is 0 Å². The molecule has 3 nitrogen and oxygen atoms in total. The lowest BCUT2D eigenvalue weighted by Gasteiger charge is -2.13. The Bertz CT molecular complexity index is 897. The Morgan fingerprint density at radius 1 is 1.08 bits per heavy atom. The number of hydrogen-bond donors (Lipinski definition) is 2. The predicted molar refractivity (Wildman–Crippen MR) is 86.8 cm³/mol. The van der Waals surface area contributed by atoms with Crippen molar-refractivity contribution in [3.63, 3.8) is 0 Å². The molecule has 0 radical (unpaired) electrons. The van der Waals surface area contributed by atoms with Crippen LogP contribution in [-0.2, 0) is 17.4 Å². The van der Waals surface area contributed by atoms with Crippen molar-refractivity contribution in [2.45, 2.75) is 19.5 Å². The molecule has 3 aromatic rings. The third kappa shape index (κ3) is 3.13. The number of carbonyl (C=O) groups is 1. The van der Waals surface area contributed by atoms with Gasteiger partial charge in [0.25, 0.3) is 0 Å². The fourth-order valence-electron chi connectivity index (χ4n) is 2.76. The van der Waals surface area contributed by atoms with E-state index in [1.165, 1.54) is 18.2 Å². The number of fused-ring (bicyclic) bond motifs is 1. The number of amides is 1. The number of aromatic amines is 1. The molecule has 0 bridgehead atoms. The van der Waals surface area contributed by atoms with Crippen LogP contribution in [0.5, 0.6) is 0 Å². The van der Waals surface area contributed by atoms with Crippen molar-refractivity contribution >= 4 is 22.5 Å². The maximum Gasteiger partial charge on any atom is 0.418 e. The molecule has 0 fully saturated rings. The van der Waals surface area contributed by atoms with Gasteiger partial charge in [-0.05, 0) is 30.7 Å². The standard InChI is InChI=1S/C18H15F3N2O/c1-11-13(12-6-2-4-8-15(12)22-11)10-17(24)23-16-9-5-3-7-14(16)18(19,20)21/h2-9,22H,10H2,1H3,(H,23,24). The third-order valence-corrected chi connectivity index (χ3v) is 3.87. The zero-order valence-electron chi connectivity index (χ0n) is 12.9. The normalized spacial score (nSPS) is 11.7. The van der Waals surface area contributed by atoms with Crippen molar-refractivity contribution in [1.82, 2.24) is 4.98 Å². The van der Waals surface area contributed by atoms with Crippen molar-refractivity contribution in [2.24, 2.45) is 0 Å². The van der Waals surface area contributed by atoms with Gasteiger partial charge >= 0.3 is 6.18 Å². The van der Waals surface area contributed by atoms with Crippen molar-refractivity contribution < 1.29 is 18.0 Å². The molecule has 2 aromatic carbocycles. The summed E-state index contributed by atoms with van der Waals surface area (Å²) >= 11 is 0. The predicted octanol–water partition coefficient (Wildman–Crippen LogP) is 4.68. The molecule has 0 aliphatic rings. The SMILES string of the molecule is Cc1[nH]c2ccccc2c1CC(=O)Nc1ccccc1C(F)(F)F. The average Bonchev–Trinajstić information content (AvgIpc) is 2.83. The summed E-state index contributed by atoms with van der Waals surface area (Å²) in [7, 11) is 0. The number of para-hydroxylation sites is 2. The highest BCUT2D eigenvalue weighted by molar-refractivity contribution is 5.96. The van der Waals surface area contributed by atoms with E-state index < -0.39 is 17.6 Å². The topological polar surface area (TPSA) is 44.9 Å². The lowest BCUT2D eigenvalue weighted by atomic mass is 10.1. The van der Waals surface area contributed by atoms with Crippen LogP contribution in [0.4, 0.5) is 18.9 Å². The van der Waals surface area contributed by atoms with E-state index in [0.29, 0.717) is 0 Å². The maximum absolute atomic E-state index is 13.0. The molecule has 2 N–H and O–H groups in total. The van der Waals surface area contributed by atoms with E-state index in [4.69, 9.17) is 0 Å². The minimum atomic E-state index is -4.51. The number of hydrogen-bond acceptors (Lipinski definition) is 1. The van der Waals surface area contributed by atoms with Crippen LogP contribution in [-0.4, -0.2) is 10.9 Å². The van der Waals surface area contributed by atoms with Crippen LogP contribution in [0.1, 0.15) is 16.8 Å². The molecule has 1 heterocycles. The fourth-order valence-corrected chi connectivity index (χ4v) is 2.76. The molecular formula is C18H15F3N2O. The smallest absolute Gasteiger partial charge is 0.358 e. The van der Waals surface area contributed by atoms with E-state index in [1.54, 1.807) is 0 Å². The molecule has 0 aliphatic heterocycles. The Labute approximate surface area is 136 Å². The summed E-state index contributed by atoms with van der Waals surface area (Å²) in [6, 6.07) is 12.5. The van der Waals surface area contributed by atoms with Crippen LogP contribution in [0, 0.1) is 6.92 Å². The Morgan fingerprint density at radius 2 is 1.75 bits per heavy atom. The molecule has 0 atom stereocenters. The molecule has 0 saturated carbocycles. The summed E-state index contributed by atoms with van der Waals surface area (Å²) in [5.41, 5.74) is 1.43. The maximum atomic E-state index is 13.0. The summed E-state index contributed by atoms with van der Waals surface area (Å²) in [4.78, 5) is 15.4. The average molecular weight is 332 g/mol. The van der Waals surface area contributed by atoms with Gasteiger partial charge in [0.05, 0.1) is 17.7 Å². The highest BCUT2D eigenvalue weighted by Crippen LogP contribution is 2.34. The number of nitrogens with one attached hydrogen (secondary N) is 2. The minimum absolute atomic E-state index is 0.00202. The van der Waals surface area contributed by atoms with Gasteiger partial charge in [-0.2, -0.15) is 13.2 Å². The minimum Gasteiger partial charge on any atom is -0.358 e. The van der Waals surface area contributed by atoms with E-state index in [-0.39, 0.29) is 12.1 Å². The Hall–Kier alpha value is -2.76. The lowest BCUT2D eigenvalue weighted by Crippen LogP contribution is -2.18. The molecule has 24 heavy (non-hydrogen) atoms. The number of aryl methyl sites for hydroxylation is 1. The molecule has 1 aromatic heterocycles. The first kappa shape index (κ1) is 16.1. The van der Waals surface area contributed by atoms with Gasteiger partial charge in [0.2, 0.25) is 5.91 Å². The Morgan fingerprint density at radius 3 is 2.50 bits per heavy atom. The second-order valence-corrected chi connectivity index (χ2v) is 5.54. The van der Waals surface area contributed by atoms with Crippen LogP contribution < -0.4 is 5.32 Å². The zero-order valence-corrected chi connectivity index (χ0v) is 12.9. The molecule has 1 amide bonds. The Kier molecular flexibility index (Phi) is 4.05. The number of halogens is 3. The van der Waals surface area contributed by atoms with Crippen molar-refractivity contribution in [3.05, 3.63) is 65.4 Å². The second kappa shape index (κ2) is 6.03. The van der Waals surface area contributed by atoms with E-state index in [2.05, 4.69) is 10.3 Å². The highest BCUT2D eigenvalue weighted by Gasteiger charge is 2.33. The first-order valence-electron chi connectivity index (χ1n) is 7.38. The summed E-state index contributed by atoms with van der Waals surface area (Å²) in [6.07, 6.45) is -4.51. The summed E-state index contributed by atoms with van der Waals surface area (Å²) < 4.78 is 39.0. The third-order valence-electron chi connectivity index (χ3n) is 3.87. The molecule has 0 spiro atoms. The van der Waals surface area contributed by atoms with E-state index in [9.17, 15) is 18.0 Å². The van der Waals surface area contributed by atoms with Gasteiger partial charge < -0.3 is 10.3 Å². The molecule has 0 saturated heterocycles. The number of rotatable bonds is 3. The molecule has 6 heteroatoms. The van der Waals surface area contributed by atoms with Crippen LogP contribution >= 0.6 is 0 Å². The van der Waals surface area contributed by atoms with Crippen LogP contribution in [0.2, 0.25) is 0 Å². The van der Waals surface area contributed by atoms with Crippen LogP contribution in [0.15, 0.2) is 48.5 Å². The van der Waals surface area contributed by atoms with Crippen molar-refractivity contribution in [1.29, 1.82) is 0 Å². The Balaban J connectivity index is 1.85. The first-order valence-corrected chi connectivity index (χ1v) is 7.38. The quantitative estimate of drug-likeness (QED) is 0.719. The van der Waals surface area contributed by atoms with E-state index in [0.717, 1.165) is 28.2 Å². The van der Waals surface area contributed by atoms with Crippen molar-refractivity contribution in [3.8, 4) is 0 Å². The first-order chi connectivity index (χ1) is 11.4. The number of alkyl halides is 3. The number of aromatic nitrogens is 1. The molecule has 124 valence electrons. The summed E-state index contributed by atoms with van der Waals surface area (Å²) in [6.45, 7) is 1.84. The van der Waals surface area contributed by atoms with E-state index >= 15 is 0 Å². The lowest BCUT2D eigenvalue weighted by molar-refractivity contribution is -0.137. The van der Waals surface area contributed by atoms with Crippen LogP contribution in [0.3, 0.4) is 0 Å². The number of carbonyl (C=O) groups excluding carboxylic acids is 1. The van der Waals surface area contributed by atoms with E-state index in [1.807, 2.05) is 31.2 Å². The van der Waals surface area contributed by atoms with Gasteiger partial charge in [0.15, 0.2) is 0 Å². The zero-order chi connectivity index (χ0) is 17.3. The number of anilines is 1. The molecule has 0 unspecified atom stereocenters. The molecular weight excluding hydrogens is 317 g/mol. The second-order valence-electron chi connectivity index (χ2n) is 5.54. The molecule has 3 rings (SSSR count). The van der Waals surface area contributed by atoms with Gasteiger partial charge in [-0.3, -0.25) is 4.79 Å². The van der Waals surface area contributed by atoms with Gasteiger partial charge in [-0.15, -0.1) is 0 Å². The van der Waals surface area contributed by atoms with Gasteiger partial charge in [-0.25, -0.2) is 0 Å².